The lowest BCUT2D eigenvalue weighted by molar-refractivity contribution is -0.138. The summed E-state index contributed by atoms with van der Waals surface area (Å²) in [6.07, 6.45) is 0. The van der Waals surface area contributed by atoms with E-state index < -0.39 is 12.1 Å². The number of hydrogen-bond acceptors (Lipinski definition) is 4. The molecule has 2 saturated heterocycles. The van der Waals surface area contributed by atoms with Crippen molar-refractivity contribution in [3.8, 4) is 0 Å². The number of carbonyl (C=O) groups excluding carboxylic acids is 4. The first-order valence-electron chi connectivity index (χ1n) is 10.3. The van der Waals surface area contributed by atoms with E-state index in [1.165, 1.54) is 9.80 Å². The van der Waals surface area contributed by atoms with Gasteiger partial charge in [-0.05, 0) is 24.6 Å². The molecular formula is C23H24N4O4. The van der Waals surface area contributed by atoms with Crippen LogP contribution in [0.5, 0.6) is 0 Å². The molecule has 2 aliphatic heterocycles. The van der Waals surface area contributed by atoms with Gasteiger partial charge in [0, 0.05) is 25.2 Å². The molecule has 0 bridgehead atoms. The smallest absolute Gasteiger partial charge is 0.327 e. The molecule has 2 aromatic rings. The largest absolute Gasteiger partial charge is 0.336 e. The summed E-state index contributed by atoms with van der Waals surface area (Å²) in [4.78, 5) is 55.5. The summed E-state index contributed by atoms with van der Waals surface area (Å²) in [6, 6.07) is 15.8. The van der Waals surface area contributed by atoms with E-state index in [2.05, 4.69) is 5.32 Å². The number of carbonyl (C=O) groups is 4. The van der Waals surface area contributed by atoms with Gasteiger partial charge in [-0.3, -0.25) is 19.3 Å². The summed E-state index contributed by atoms with van der Waals surface area (Å²) in [5.74, 6) is -0.939. The van der Waals surface area contributed by atoms with Crippen LogP contribution in [0.3, 0.4) is 0 Å². The van der Waals surface area contributed by atoms with Crippen LogP contribution in [0.4, 0.5) is 4.79 Å². The minimum absolute atomic E-state index is 0.116. The van der Waals surface area contributed by atoms with Gasteiger partial charge >= 0.3 is 6.03 Å². The standard InChI is InChI=1S/C23H24N4O4/c1-2-26-21(29)18-15-25(13-14-27(18)23(26)31)22(30)19(16-9-5-3-6-10-16)24-20(28)17-11-7-4-8-12-17/h3-12,18-19H,2,13-15H2,1H3,(H,24,28). The SMILES string of the molecule is CCN1C(=O)C2CN(C(=O)C(NC(=O)c3ccccc3)c3ccccc3)CCN2C1=O. The van der Waals surface area contributed by atoms with Gasteiger partial charge in [-0.15, -0.1) is 0 Å². The van der Waals surface area contributed by atoms with Crippen molar-refractivity contribution in [2.75, 3.05) is 26.2 Å². The number of hydrogen-bond donors (Lipinski definition) is 1. The van der Waals surface area contributed by atoms with Gasteiger partial charge in [0.2, 0.25) is 5.91 Å². The van der Waals surface area contributed by atoms with E-state index in [1.54, 1.807) is 60.4 Å². The van der Waals surface area contributed by atoms with Crippen molar-refractivity contribution in [1.82, 2.24) is 20.0 Å². The van der Waals surface area contributed by atoms with Crippen molar-refractivity contribution in [3.05, 3.63) is 71.8 Å². The zero-order valence-electron chi connectivity index (χ0n) is 17.2. The average molecular weight is 420 g/mol. The van der Waals surface area contributed by atoms with Crippen molar-refractivity contribution in [3.63, 3.8) is 0 Å². The minimum atomic E-state index is -0.894. The number of imide groups is 1. The fourth-order valence-corrected chi connectivity index (χ4v) is 4.06. The van der Waals surface area contributed by atoms with Crippen LogP contribution < -0.4 is 5.32 Å². The van der Waals surface area contributed by atoms with Crippen LogP contribution in [0.1, 0.15) is 28.9 Å². The van der Waals surface area contributed by atoms with Crippen molar-refractivity contribution < 1.29 is 19.2 Å². The van der Waals surface area contributed by atoms with E-state index in [0.29, 0.717) is 24.2 Å². The fraction of sp³-hybridized carbons (Fsp3) is 0.304. The Morgan fingerprint density at radius 2 is 1.65 bits per heavy atom. The number of likely N-dealkylation sites (N-methyl/N-ethyl adjacent to an activating group) is 1. The summed E-state index contributed by atoms with van der Waals surface area (Å²) in [7, 11) is 0. The first-order chi connectivity index (χ1) is 15.0. The summed E-state index contributed by atoms with van der Waals surface area (Å²) >= 11 is 0. The predicted molar refractivity (Wildman–Crippen MR) is 113 cm³/mol. The number of piperazine rings is 1. The lowest BCUT2D eigenvalue weighted by atomic mass is 10.0. The predicted octanol–water partition coefficient (Wildman–Crippen LogP) is 1.65. The monoisotopic (exact) mass is 420 g/mol. The molecule has 160 valence electrons. The van der Waals surface area contributed by atoms with Gasteiger partial charge in [0.15, 0.2) is 0 Å². The van der Waals surface area contributed by atoms with Crippen LogP contribution in [-0.4, -0.2) is 70.7 Å². The van der Waals surface area contributed by atoms with Crippen LogP contribution in [0.15, 0.2) is 60.7 Å². The molecule has 2 atom stereocenters. The Morgan fingerprint density at radius 3 is 2.29 bits per heavy atom. The lowest BCUT2D eigenvalue weighted by Gasteiger charge is -2.37. The Labute approximate surface area is 180 Å². The van der Waals surface area contributed by atoms with Crippen LogP contribution in [-0.2, 0) is 9.59 Å². The highest BCUT2D eigenvalue weighted by atomic mass is 16.2. The van der Waals surface area contributed by atoms with Gasteiger partial charge in [0.1, 0.15) is 12.1 Å². The molecule has 2 aliphatic rings. The van der Waals surface area contributed by atoms with Gasteiger partial charge in [0.05, 0.1) is 6.54 Å². The number of benzene rings is 2. The van der Waals surface area contributed by atoms with Crippen molar-refractivity contribution >= 4 is 23.8 Å². The highest BCUT2D eigenvalue weighted by molar-refractivity contribution is 6.05. The zero-order chi connectivity index (χ0) is 22.0. The molecule has 1 N–H and O–H groups in total. The van der Waals surface area contributed by atoms with Crippen LogP contribution in [0, 0.1) is 0 Å². The molecule has 0 spiro atoms. The summed E-state index contributed by atoms with van der Waals surface area (Å²) < 4.78 is 0. The highest BCUT2D eigenvalue weighted by Crippen LogP contribution is 2.24. The third-order valence-electron chi connectivity index (χ3n) is 5.73. The molecule has 8 nitrogen and oxygen atoms in total. The third-order valence-corrected chi connectivity index (χ3v) is 5.73. The van der Waals surface area contributed by atoms with Crippen molar-refractivity contribution in [2.24, 2.45) is 0 Å². The van der Waals surface area contributed by atoms with E-state index in [9.17, 15) is 19.2 Å². The van der Waals surface area contributed by atoms with Gasteiger partial charge in [0.25, 0.3) is 11.8 Å². The molecule has 31 heavy (non-hydrogen) atoms. The Hall–Kier alpha value is -3.68. The Bertz CT molecular complexity index is 995. The molecule has 4 rings (SSSR count). The second-order valence-electron chi connectivity index (χ2n) is 7.54. The van der Waals surface area contributed by atoms with Gasteiger partial charge < -0.3 is 15.1 Å². The average Bonchev–Trinajstić information content (AvgIpc) is 3.06. The van der Waals surface area contributed by atoms with Crippen LogP contribution in [0.2, 0.25) is 0 Å². The summed E-state index contributed by atoms with van der Waals surface area (Å²) in [5.41, 5.74) is 1.11. The van der Waals surface area contributed by atoms with E-state index in [-0.39, 0.29) is 36.8 Å². The quantitative estimate of drug-likeness (QED) is 0.745. The fourth-order valence-electron chi connectivity index (χ4n) is 4.06. The molecule has 0 saturated carbocycles. The molecule has 2 unspecified atom stereocenters. The lowest BCUT2D eigenvalue weighted by Crippen LogP contribution is -2.56. The van der Waals surface area contributed by atoms with Crippen LogP contribution >= 0.6 is 0 Å². The maximum Gasteiger partial charge on any atom is 0.327 e. The number of rotatable bonds is 5. The number of nitrogens with zero attached hydrogens (tertiary/aromatic N) is 3. The van der Waals surface area contributed by atoms with Crippen molar-refractivity contribution in [2.45, 2.75) is 19.0 Å². The number of nitrogens with one attached hydrogen (secondary N) is 1. The number of urea groups is 1. The van der Waals surface area contributed by atoms with Crippen LogP contribution in [0.25, 0.3) is 0 Å². The molecule has 2 fully saturated rings. The normalized spacial score (nSPS) is 19.3. The summed E-state index contributed by atoms with van der Waals surface area (Å²) in [6.45, 7) is 2.76. The van der Waals surface area contributed by atoms with E-state index in [1.807, 2.05) is 12.1 Å². The Morgan fingerprint density at radius 1 is 1.00 bits per heavy atom. The van der Waals surface area contributed by atoms with Gasteiger partial charge in [-0.2, -0.15) is 0 Å². The molecule has 0 aliphatic carbocycles. The zero-order valence-corrected chi connectivity index (χ0v) is 17.2. The van der Waals surface area contributed by atoms with Crippen molar-refractivity contribution in [1.29, 1.82) is 0 Å². The molecule has 5 amide bonds. The maximum atomic E-state index is 13.5. The Kier molecular flexibility index (Phi) is 5.70. The van der Waals surface area contributed by atoms with E-state index in [4.69, 9.17) is 0 Å². The topological polar surface area (TPSA) is 90.0 Å². The molecular weight excluding hydrogens is 396 g/mol. The van der Waals surface area contributed by atoms with E-state index in [0.717, 1.165) is 0 Å². The number of amides is 5. The maximum absolute atomic E-state index is 13.5. The molecule has 8 heteroatoms. The first-order valence-corrected chi connectivity index (χ1v) is 10.3. The van der Waals surface area contributed by atoms with Gasteiger partial charge in [-0.25, -0.2) is 4.79 Å². The summed E-state index contributed by atoms with van der Waals surface area (Å²) in [5, 5.41) is 2.84. The third kappa shape index (κ3) is 3.88. The molecule has 0 aromatic heterocycles. The highest BCUT2D eigenvalue weighted by Gasteiger charge is 2.48. The van der Waals surface area contributed by atoms with E-state index >= 15 is 0 Å². The van der Waals surface area contributed by atoms with Gasteiger partial charge in [-0.1, -0.05) is 48.5 Å². The Balaban J connectivity index is 1.56. The number of fused-ring (bicyclic) bond motifs is 1. The molecule has 2 aromatic carbocycles. The molecule has 0 radical (unpaired) electrons. The second-order valence-corrected chi connectivity index (χ2v) is 7.54. The first kappa shape index (κ1) is 20.6. The molecule has 2 heterocycles. The minimum Gasteiger partial charge on any atom is -0.336 e. The second kappa shape index (κ2) is 8.59.